The first-order valence-electron chi connectivity index (χ1n) is 15.4. The van der Waals surface area contributed by atoms with Crippen LogP contribution in [0.3, 0.4) is 0 Å². The summed E-state index contributed by atoms with van der Waals surface area (Å²) in [4.78, 5) is 25.3. The molecule has 0 spiro atoms. The van der Waals surface area contributed by atoms with Crippen LogP contribution in [0, 0.1) is 5.92 Å². The number of hydrogen-bond donors (Lipinski definition) is 0. The fourth-order valence-corrected chi connectivity index (χ4v) is 5.76. The van der Waals surface area contributed by atoms with Crippen molar-refractivity contribution < 1.29 is 23.8 Å². The van der Waals surface area contributed by atoms with Crippen LogP contribution < -0.4 is 0 Å². The SMILES string of the molecule is CCCCCCOC(=O)c1cccc(CC[C@@H]2OC(=O)[C@H]2COC(c2ccccc2)(c2ccccc2)c2ccccc2)c1. The van der Waals surface area contributed by atoms with Gasteiger partial charge in [0.1, 0.15) is 17.6 Å². The zero-order valence-corrected chi connectivity index (χ0v) is 24.8. The Hall–Kier alpha value is -4.22. The molecule has 0 unspecified atom stereocenters. The van der Waals surface area contributed by atoms with Crippen molar-refractivity contribution in [1.29, 1.82) is 0 Å². The van der Waals surface area contributed by atoms with Gasteiger partial charge in [-0.3, -0.25) is 4.79 Å². The molecular formula is C38H40O5. The van der Waals surface area contributed by atoms with Gasteiger partial charge in [0.05, 0.1) is 18.8 Å². The molecule has 5 heteroatoms. The molecule has 0 N–H and O–H groups in total. The molecule has 0 aromatic heterocycles. The third-order valence-corrected chi connectivity index (χ3v) is 8.15. The van der Waals surface area contributed by atoms with Crippen LogP contribution in [0.4, 0.5) is 0 Å². The minimum absolute atomic E-state index is 0.215. The molecule has 43 heavy (non-hydrogen) atoms. The van der Waals surface area contributed by atoms with E-state index >= 15 is 0 Å². The highest BCUT2D eigenvalue weighted by Crippen LogP contribution is 2.42. The zero-order chi connectivity index (χ0) is 29.9. The van der Waals surface area contributed by atoms with E-state index < -0.39 is 5.60 Å². The van der Waals surface area contributed by atoms with E-state index in [1.54, 1.807) is 6.07 Å². The van der Waals surface area contributed by atoms with Gasteiger partial charge in [0.25, 0.3) is 0 Å². The highest BCUT2D eigenvalue weighted by Gasteiger charge is 2.45. The van der Waals surface area contributed by atoms with E-state index in [-0.39, 0.29) is 30.6 Å². The Labute approximate surface area is 254 Å². The summed E-state index contributed by atoms with van der Waals surface area (Å²) in [5, 5.41) is 0. The van der Waals surface area contributed by atoms with E-state index in [1.807, 2.05) is 72.8 Å². The van der Waals surface area contributed by atoms with Crippen LogP contribution in [0.5, 0.6) is 0 Å². The lowest BCUT2D eigenvalue weighted by Crippen LogP contribution is -2.49. The standard InChI is InChI=1S/C38H40O5/c1-2-3-4-14-26-41-36(39)30-17-15-16-29(27-30)24-25-35-34(37(40)43-35)28-42-38(31-18-8-5-9-19-31,32-20-10-6-11-21-32)33-22-12-7-13-23-33/h5-13,15-23,27,34-35H,2-4,14,24-26,28H2,1H3/t34-,35-/m0/s1. The predicted octanol–water partition coefficient (Wildman–Crippen LogP) is 7.91. The number of cyclic esters (lactones) is 1. The monoisotopic (exact) mass is 576 g/mol. The van der Waals surface area contributed by atoms with Crippen LogP contribution in [0.15, 0.2) is 115 Å². The average molecular weight is 577 g/mol. The Morgan fingerprint density at radius 3 is 1.93 bits per heavy atom. The first-order valence-corrected chi connectivity index (χ1v) is 15.4. The van der Waals surface area contributed by atoms with Gasteiger partial charge in [0.2, 0.25) is 0 Å². The number of rotatable bonds is 15. The van der Waals surface area contributed by atoms with Gasteiger partial charge < -0.3 is 14.2 Å². The van der Waals surface area contributed by atoms with Gasteiger partial charge >= 0.3 is 11.9 Å². The van der Waals surface area contributed by atoms with Crippen molar-refractivity contribution in [2.24, 2.45) is 5.92 Å². The average Bonchev–Trinajstić information content (AvgIpc) is 3.06. The van der Waals surface area contributed by atoms with Gasteiger partial charge in [-0.15, -0.1) is 0 Å². The largest absolute Gasteiger partial charge is 0.462 e. The Morgan fingerprint density at radius 1 is 0.767 bits per heavy atom. The lowest BCUT2D eigenvalue weighted by atomic mass is 9.79. The van der Waals surface area contributed by atoms with Gasteiger partial charge in [0.15, 0.2) is 0 Å². The molecule has 222 valence electrons. The summed E-state index contributed by atoms with van der Waals surface area (Å²) in [5.74, 6) is -0.918. The number of hydrogen-bond acceptors (Lipinski definition) is 5. The molecule has 4 aromatic rings. The third kappa shape index (κ3) is 7.23. The number of carbonyl (C=O) groups is 2. The van der Waals surface area contributed by atoms with Crippen LogP contribution >= 0.6 is 0 Å². The van der Waals surface area contributed by atoms with E-state index in [4.69, 9.17) is 14.2 Å². The molecule has 0 saturated carbocycles. The molecule has 1 aliphatic heterocycles. The molecule has 5 nitrogen and oxygen atoms in total. The second kappa shape index (κ2) is 14.8. The van der Waals surface area contributed by atoms with Crippen molar-refractivity contribution in [3.8, 4) is 0 Å². The first kappa shape index (κ1) is 30.2. The van der Waals surface area contributed by atoms with Crippen molar-refractivity contribution in [2.45, 2.75) is 57.2 Å². The van der Waals surface area contributed by atoms with Crippen molar-refractivity contribution in [2.75, 3.05) is 13.2 Å². The molecule has 0 aliphatic carbocycles. The Morgan fingerprint density at radius 2 is 1.37 bits per heavy atom. The van der Waals surface area contributed by atoms with E-state index in [9.17, 15) is 9.59 Å². The van der Waals surface area contributed by atoms with Crippen molar-refractivity contribution >= 4 is 11.9 Å². The highest BCUT2D eigenvalue weighted by molar-refractivity contribution is 5.89. The number of carbonyl (C=O) groups excluding carboxylic acids is 2. The molecule has 0 amide bonds. The molecule has 5 rings (SSSR count). The normalized spacial score (nSPS) is 16.3. The highest BCUT2D eigenvalue weighted by atomic mass is 16.6. The summed E-state index contributed by atoms with van der Waals surface area (Å²) in [6, 6.07) is 38.0. The van der Waals surface area contributed by atoms with Crippen molar-refractivity contribution in [1.82, 2.24) is 0 Å². The van der Waals surface area contributed by atoms with Crippen LogP contribution in [-0.4, -0.2) is 31.3 Å². The molecular weight excluding hydrogens is 536 g/mol. The molecule has 1 heterocycles. The molecule has 0 bridgehead atoms. The van der Waals surface area contributed by atoms with Gasteiger partial charge in [-0.25, -0.2) is 4.79 Å². The van der Waals surface area contributed by atoms with Crippen LogP contribution in [-0.2, 0) is 31.0 Å². The number of unbranched alkanes of at least 4 members (excludes halogenated alkanes) is 3. The molecule has 1 aliphatic rings. The van der Waals surface area contributed by atoms with E-state index in [2.05, 4.69) is 43.3 Å². The summed E-state index contributed by atoms with van der Waals surface area (Å²) in [6.07, 6.45) is 5.30. The number of ether oxygens (including phenoxy) is 3. The molecule has 4 aromatic carbocycles. The van der Waals surface area contributed by atoms with E-state index in [0.29, 0.717) is 25.0 Å². The lowest BCUT2D eigenvalue weighted by molar-refractivity contribution is -0.194. The Bertz CT molecular complexity index is 1360. The summed E-state index contributed by atoms with van der Waals surface area (Å²) in [5.41, 5.74) is 3.64. The van der Waals surface area contributed by atoms with Gasteiger partial charge in [-0.05, 0) is 53.6 Å². The quantitative estimate of drug-likeness (QED) is 0.0818. The molecule has 1 fully saturated rings. The van der Waals surface area contributed by atoms with Crippen molar-refractivity contribution in [3.63, 3.8) is 0 Å². The predicted molar refractivity (Wildman–Crippen MR) is 168 cm³/mol. The lowest BCUT2D eigenvalue weighted by Gasteiger charge is -2.40. The second-order valence-electron chi connectivity index (χ2n) is 11.1. The number of aryl methyl sites for hydroxylation is 1. The van der Waals surface area contributed by atoms with Gasteiger partial charge in [-0.2, -0.15) is 0 Å². The maximum absolute atomic E-state index is 12.7. The fraction of sp³-hybridized carbons (Fsp3) is 0.316. The Balaban J connectivity index is 1.28. The van der Waals surface area contributed by atoms with Crippen LogP contribution in [0.25, 0.3) is 0 Å². The minimum atomic E-state index is -0.893. The van der Waals surface area contributed by atoms with E-state index in [1.165, 1.54) is 0 Å². The summed E-state index contributed by atoms with van der Waals surface area (Å²) < 4.78 is 18.0. The van der Waals surface area contributed by atoms with Gasteiger partial charge in [0, 0.05) is 0 Å². The number of benzene rings is 4. The topological polar surface area (TPSA) is 61.8 Å². The maximum atomic E-state index is 12.7. The smallest absolute Gasteiger partial charge is 0.338 e. The number of esters is 2. The van der Waals surface area contributed by atoms with E-state index in [0.717, 1.165) is 47.9 Å². The molecule has 2 atom stereocenters. The summed E-state index contributed by atoms with van der Waals surface area (Å²) in [7, 11) is 0. The van der Waals surface area contributed by atoms with Gasteiger partial charge in [-0.1, -0.05) is 129 Å². The summed E-state index contributed by atoms with van der Waals surface area (Å²) in [6.45, 7) is 2.82. The molecule has 0 radical (unpaired) electrons. The fourth-order valence-electron chi connectivity index (χ4n) is 5.76. The Kier molecular flexibility index (Phi) is 10.4. The first-order chi connectivity index (χ1) is 21.1. The maximum Gasteiger partial charge on any atom is 0.338 e. The summed E-state index contributed by atoms with van der Waals surface area (Å²) >= 11 is 0. The minimum Gasteiger partial charge on any atom is -0.462 e. The zero-order valence-electron chi connectivity index (χ0n) is 24.8. The van der Waals surface area contributed by atoms with Crippen molar-refractivity contribution in [3.05, 3.63) is 143 Å². The van der Waals surface area contributed by atoms with Crippen LogP contribution in [0.1, 0.15) is 71.6 Å². The third-order valence-electron chi connectivity index (χ3n) is 8.15. The molecule has 1 saturated heterocycles. The second-order valence-corrected chi connectivity index (χ2v) is 11.1. The van der Waals surface area contributed by atoms with Crippen LogP contribution in [0.2, 0.25) is 0 Å².